The zero-order valence-electron chi connectivity index (χ0n) is 7.65. The zero-order valence-corrected chi connectivity index (χ0v) is 8.47. The predicted octanol–water partition coefficient (Wildman–Crippen LogP) is 2.30. The van der Waals surface area contributed by atoms with E-state index in [4.69, 9.17) is 10.5 Å². The van der Waals surface area contributed by atoms with Crippen LogP contribution in [0, 0.1) is 0 Å². The maximum Gasteiger partial charge on any atom is 0.139 e. The number of benzene rings is 1. The minimum atomic E-state index is -0.341. The van der Waals surface area contributed by atoms with Crippen molar-refractivity contribution < 1.29 is 9.13 Å². The topological polar surface area (TPSA) is 35.2 Å². The van der Waals surface area contributed by atoms with Crippen LogP contribution in [-0.2, 0) is 0 Å². The summed E-state index contributed by atoms with van der Waals surface area (Å²) in [6, 6.07) is 9.09. The van der Waals surface area contributed by atoms with Crippen molar-refractivity contribution in [3.8, 4) is 5.75 Å². The molecular weight excluding hydrogens is 205 g/mol. The van der Waals surface area contributed by atoms with Gasteiger partial charge in [0.25, 0.3) is 0 Å². The molecule has 0 radical (unpaired) electrons. The van der Waals surface area contributed by atoms with E-state index < -0.39 is 0 Å². The fourth-order valence-corrected chi connectivity index (χ4v) is 0.856. The van der Waals surface area contributed by atoms with E-state index >= 15 is 0 Å². The van der Waals surface area contributed by atoms with Crippen molar-refractivity contribution in [3.05, 3.63) is 42.2 Å². The zero-order chi connectivity index (χ0) is 9.52. The van der Waals surface area contributed by atoms with E-state index in [9.17, 15) is 4.39 Å². The lowest BCUT2D eigenvalue weighted by molar-refractivity contribution is 0.318. The summed E-state index contributed by atoms with van der Waals surface area (Å²) in [7, 11) is 0. The first-order chi connectivity index (χ1) is 6.33. The second kappa shape index (κ2) is 7.35. The van der Waals surface area contributed by atoms with Crippen molar-refractivity contribution >= 4 is 12.4 Å². The highest BCUT2D eigenvalue weighted by molar-refractivity contribution is 5.85. The Morgan fingerprint density at radius 1 is 1.36 bits per heavy atom. The molecule has 1 aromatic carbocycles. The second-order valence-corrected chi connectivity index (χ2v) is 2.49. The number of ether oxygens (including phenoxy) is 1. The van der Waals surface area contributed by atoms with Gasteiger partial charge in [0.15, 0.2) is 0 Å². The van der Waals surface area contributed by atoms with Gasteiger partial charge in [0.1, 0.15) is 18.2 Å². The molecule has 1 aromatic rings. The Kier molecular flexibility index (Phi) is 6.80. The summed E-state index contributed by atoms with van der Waals surface area (Å²) >= 11 is 0. The SMILES string of the molecule is Cl.NC/C=C(\F)COc1ccccc1. The van der Waals surface area contributed by atoms with Crippen molar-refractivity contribution in [3.63, 3.8) is 0 Å². The van der Waals surface area contributed by atoms with Crippen LogP contribution in [0.2, 0.25) is 0 Å². The van der Waals surface area contributed by atoms with Gasteiger partial charge in [-0.3, -0.25) is 0 Å². The van der Waals surface area contributed by atoms with Crippen LogP contribution in [0.3, 0.4) is 0 Å². The molecule has 0 bridgehead atoms. The normalized spacial score (nSPS) is 10.6. The molecule has 0 saturated carbocycles. The molecule has 0 aliphatic rings. The summed E-state index contributed by atoms with van der Waals surface area (Å²) < 4.78 is 17.9. The fraction of sp³-hybridized carbons (Fsp3) is 0.200. The summed E-state index contributed by atoms with van der Waals surface area (Å²) in [6.07, 6.45) is 1.29. The molecule has 2 N–H and O–H groups in total. The minimum absolute atomic E-state index is 0. The summed E-state index contributed by atoms with van der Waals surface area (Å²) in [4.78, 5) is 0. The lowest BCUT2D eigenvalue weighted by Gasteiger charge is -2.03. The third-order valence-electron chi connectivity index (χ3n) is 1.46. The number of hydrogen-bond donors (Lipinski definition) is 1. The first-order valence-corrected chi connectivity index (χ1v) is 4.05. The van der Waals surface area contributed by atoms with E-state index in [-0.39, 0.29) is 31.4 Å². The van der Waals surface area contributed by atoms with Crippen LogP contribution in [0.4, 0.5) is 4.39 Å². The molecule has 0 aliphatic carbocycles. The Morgan fingerprint density at radius 2 is 2.00 bits per heavy atom. The van der Waals surface area contributed by atoms with Crippen LogP contribution >= 0.6 is 12.4 Å². The number of rotatable bonds is 4. The number of halogens is 2. The first kappa shape index (κ1) is 12.9. The quantitative estimate of drug-likeness (QED) is 0.840. The van der Waals surface area contributed by atoms with Crippen LogP contribution < -0.4 is 10.5 Å². The van der Waals surface area contributed by atoms with E-state index in [1.54, 1.807) is 12.1 Å². The standard InChI is InChI=1S/C10H12FNO.ClH/c11-9(6-7-12)8-13-10-4-2-1-3-5-10;/h1-6H,7-8,12H2;1H/b9-6-;. The molecule has 0 fully saturated rings. The van der Waals surface area contributed by atoms with Gasteiger partial charge in [-0.25, -0.2) is 4.39 Å². The van der Waals surface area contributed by atoms with Gasteiger partial charge in [-0.15, -0.1) is 12.4 Å². The summed E-state index contributed by atoms with van der Waals surface area (Å²) in [5.74, 6) is 0.314. The highest BCUT2D eigenvalue weighted by atomic mass is 35.5. The summed E-state index contributed by atoms with van der Waals surface area (Å²) in [5, 5.41) is 0. The van der Waals surface area contributed by atoms with E-state index in [1.807, 2.05) is 18.2 Å². The van der Waals surface area contributed by atoms with E-state index in [0.29, 0.717) is 5.75 Å². The third-order valence-corrected chi connectivity index (χ3v) is 1.46. The smallest absolute Gasteiger partial charge is 0.139 e. The molecule has 1 rings (SSSR count). The van der Waals surface area contributed by atoms with E-state index in [0.717, 1.165) is 0 Å². The third kappa shape index (κ3) is 4.84. The average Bonchev–Trinajstić information content (AvgIpc) is 2.17. The average molecular weight is 218 g/mol. The number of nitrogens with two attached hydrogens (primary N) is 1. The van der Waals surface area contributed by atoms with Gasteiger partial charge in [-0.05, 0) is 18.2 Å². The molecule has 0 heterocycles. The molecular formula is C10H13ClFNO. The van der Waals surface area contributed by atoms with Gasteiger partial charge < -0.3 is 10.5 Å². The maximum atomic E-state index is 12.7. The van der Waals surface area contributed by atoms with Crippen LogP contribution in [0.15, 0.2) is 42.2 Å². The highest BCUT2D eigenvalue weighted by Crippen LogP contribution is 2.09. The second-order valence-electron chi connectivity index (χ2n) is 2.49. The highest BCUT2D eigenvalue weighted by Gasteiger charge is 1.95. The van der Waals surface area contributed by atoms with Gasteiger partial charge in [-0.2, -0.15) is 0 Å². The lowest BCUT2D eigenvalue weighted by Crippen LogP contribution is -2.01. The van der Waals surface area contributed by atoms with Crippen LogP contribution in [0.5, 0.6) is 5.75 Å². The molecule has 0 atom stereocenters. The van der Waals surface area contributed by atoms with Gasteiger partial charge >= 0.3 is 0 Å². The molecule has 2 nitrogen and oxygen atoms in total. The van der Waals surface area contributed by atoms with Crippen LogP contribution in [0.1, 0.15) is 0 Å². The Balaban J connectivity index is 0.00000169. The number of para-hydroxylation sites is 1. The Morgan fingerprint density at radius 3 is 2.57 bits per heavy atom. The van der Waals surface area contributed by atoms with Crippen LogP contribution in [-0.4, -0.2) is 13.2 Å². The number of hydrogen-bond acceptors (Lipinski definition) is 2. The molecule has 4 heteroatoms. The van der Waals surface area contributed by atoms with Crippen molar-refractivity contribution in [2.24, 2.45) is 5.73 Å². The molecule has 0 spiro atoms. The van der Waals surface area contributed by atoms with Gasteiger partial charge in [0.05, 0.1) is 0 Å². The minimum Gasteiger partial charge on any atom is -0.487 e. The van der Waals surface area contributed by atoms with Gasteiger partial charge in [0.2, 0.25) is 0 Å². The Hall–Kier alpha value is -1.06. The molecule has 78 valence electrons. The molecule has 0 unspecified atom stereocenters. The van der Waals surface area contributed by atoms with Gasteiger partial charge in [-0.1, -0.05) is 18.2 Å². The molecule has 14 heavy (non-hydrogen) atoms. The Bertz CT molecular complexity index is 277. The van der Waals surface area contributed by atoms with Crippen molar-refractivity contribution in [2.75, 3.05) is 13.2 Å². The lowest BCUT2D eigenvalue weighted by atomic mass is 10.3. The van der Waals surface area contributed by atoms with E-state index in [2.05, 4.69) is 0 Å². The summed E-state index contributed by atoms with van der Waals surface area (Å²) in [5.41, 5.74) is 5.13. The Labute approximate surface area is 89.0 Å². The largest absolute Gasteiger partial charge is 0.487 e. The monoisotopic (exact) mass is 217 g/mol. The molecule has 0 aromatic heterocycles. The maximum absolute atomic E-state index is 12.7. The molecule has 0 amide bonds. The van der Waals surface area contributed by atoms with E-state index in [1.165, 1.54) is 6.08 Å². The summed E-state index contributed by atoms with van der Waals surface area (Å²) in [6.45, 7) is 0.144. The molecule has 0 saturated heterocycles. The van der Waals surface area contributed by atoms with Gasteiger partial charge in [0, 0.05) is 6.54 Å². The molecule has 0 aliphatic heterocycles. The fourth-order valence-electron chi connectivity index (χ4n) is 0.856. The van der Waals surface area contributed by atoms with Crippen LogP contribution in [0.25, 0.3) is 0 Å². The van der Waals surface area contributed by atoms with Crippen molar-refractivity contribution in [1.29, 1.82) is 0 Å². The first-order valence-electron chi connectivity index (χ1n) is 4.05. The van der Waals surface area contributed by atoms with Crippen molar-refractivity contribution in [2.45, 2.75) is 0 Å². The predicted molar refractivity (Wildman–Crippen MR) is 57.4 cm³/mol. The van der Waals surface area contributed by atoms with Crippen molar-refractivity contribution in [1.82, 2.24) is 0 Å².